The molecule has 7 heteroatoms. The van der Waals surface area contributed by atoms with E-state index >= 15 is 0 Å². The molecule has 1 atom stereocenters. The normalized spacial score (nSPS) is 16.5. The van der Waals surface area contributed by atoms with Crippen LogP contribution in [0, 0.1) is 11.7 Å². The first-order valence-electron chi connectivity index (χ1n) is 7.62. The number of hydrogen-bond acceptors (Lipinski definition) is 3. The van der Waals surface area contributed by atoms with Crippen molar-refractivity contribution in [2.75, 3.05) is 26.2 Å². The molecule has 2 rings (SSSR count). The molecule has 0 aromatic heterocycles. The number of hydrogen-bond donors (Lipinski definition) is 3. The minimum absolute atomic E-state index is 0. The lowest BCUT2D eigenvalue weighted by Gasteiger charge is -2.10. The molecule has 1 aromatic carbocycles. The van der Waals surface area contributed by atoms with Gasteiger partial charge in [-0.1, -0.05) is 12.1 Å². The van der Waals surface area contributed by atoms with Gasteiger partial charge < -0.3 is 16.0 Å². The first kappa shape index (κ1) is 19.4. The summed E-state index contributed by atoms with van der Waals surface area (Å²) in [7, 11) is 0. The van der Waals surface area contributed by atoms with Gasteiger partial charge in [-0.2, -0.15) is 0 Å². The largest absolute Gasteiger partial charge is 0.355 e. The van der Waals surface area contributed by atoms with Crippen molar-refractivity contribution >= 4 is 24.2 Å². The van der Waals surface area contributed by atoms with E-state index in [9.17, 15) is 14.0 Å². The van der Waals surface area contributed by atoms with Gasteiger partial charge in [-0.15, -0.1) is 12.4 Å². The van der Waals surface area contributed by atoms with E-state index in [-0.39, 0.29) is 43.0 Å². The van der Waals surface area contributed by atoms with Crippen molar-refractivity contribution in [3.63, 3.8) is 0 Å². The summed E-state index contributed by atoms with van der Waals surface area (Å²) in [5.41, 5.74) is 0.589. The third-order valence-corrected chi connectivity index (χ3v) is 3.74. The highest BCUT2D eigenvalue weighted by Crippen LogP contribution is 2.10. The summed E-state index contributed by atoms with van der Waals surface area (Å²) in [5.74, 6) is -0.230. The van der Waals surface area contributed by atoms with Crippen LogP contribution < -0.4 is 16.0 Å². The van der Waals surface area contributed by atoms with E-state index in [0.29, 0.717) is 18.0 Å². The average molecular weight is 344 g/mol. The molecule has 0 radical (unpaired) electrons. The minimum atomic E-state index is -0.371. The van der Waals surface area contributed by atoms with Gasteiger partial charge in [0.05, 0.1) is 13.0 Å². The summed E-state index contributed by atoms with van der Waals surface area (Å²) < 4.78 is 13.0. The molecule has 1 aliphatic heterocycles. The van der Waals surface area contributed by atoms with Crippen LogP contribution in [0.4, 0.5) is 4.39 Å². The Bertz CT molecular complexity index is 522. The topological polar surface area (TPSA) is 70.2 Å². The molecule has 23 heavy (non-hydrogen) atoms. The first-order chi connectivity index (χ1) is 10.6. The van der Waals surface area contributed by atoms with Gasteiger partial charge in [-0.3, -0.25) is 9.59 Å². The third kappa shape index (κ3) is 7.43. The molecule has 0 saturated carbocycles. The Morgan fingerprint density at radius 3 is 2.78 bits per heavy atom. The predicted octanol–water partition coefficient (Wildman–Crippen LogP) is 1.02. The van der Waals surface area contributed by atoms with Gasteiger partial charge in [-0.05, 0) is 49.5 Å². The van der Waals surface area contributed by atoms with Gasteiger partial charge in [0.2, 0.25) is 11.8 Å². The second kappa shape index (κ2) is 10.2. The van der Waals surface area contributed by atoms with Crippen molar-refractivity contribution in [3.05, 3.63) is 35.6 Å². The van der Waals surface area contributed by atoms with Crippen LogP contribution in [0.3, 0.4) is 0 Å². The second-order valence-corrected chi connectivity index (χ2v) is 5.58. The van der Waals surface area contributed by atoms with Gasteiger partial charge in [-0.25, -0.2) is 4.39 Å². The molecule has 5 nitrogen and oxygen atoms in total. The second-order valence-electron chi connectivity index (χ2n) is 5.58. The Balaban J connectivity index is 0.00000264. The van der Waals surface area contributed by atoms with Crippen molar-refractivity contribution in [1.82, 2.24) is 16.0 Å². The standard InChI is InChI=1S/C16H22FN3O2.ClH/c17-14-3-1-2-13(8-14)9-15(21)20-11-16(22)19-7-5-12-4-6-18-10-12;/h1-3,8,12,18H,4-7,9-11H2,(H,19,22)(H,20,21);1H. The van der Waals surface area contributed by atoms with Gasteiger partial charge in [0.25, 0.3) is 0 Å². The predicted molar refractivity (Wildman–Crippen MR) is 89.0 cm³/mol. The molecule has 0 bridgehead atoms. The van der Waals surface area contributed by atoms with Crippen molar-refractivity contribution in [3.8, 4) is 0 Å². The smallest absolute Gasteiger partial charge is 0.239 e. The van der Waals surface area contributed by atoms with Gasteiger partial charge >= 0.3 is 0 Å². The first-order valence-corrected chi connectivity index (χ1v) is 7.62. The molecule has 1 saturated heterocycles. The molecule has 128 valence electrons. The van der Waals surface area contributed by atoms with Crippen LogP contribution in [0.1, 0.15) is 18.4 Å². The number of amides is 2. The summed E-state index contributed by atoms with van der Waals surface area (Å²) in [6, 6.07) is 5.88. The monoisotopic (exact) mass is 343 g/mol. The maximum absolute atomic E-state index is 13.0. The lowest BCUT2D eigenvalue weighted by molar-refractivity contribution is -0.125. The zero-order chi connectivity index (χ0) is 15.8. The Hall–Kier alpha value is -1.66. The molecule has 2 amide bonds. The van der Waals surface area contributed by atoms with E-state index in [0.717, 1.165) is 25.9 Å². The summed E-state index contributed by atoms with van der Waals surface area (Å²) >= 11 is 0. The van der Waals surface area contributed by atoms with Crippen LogP contribution in [0.15, 0.2) is 24.3 Å². The lowest BCUT2D eigenvalue weighted by atomic mass is 10.1. The van der Waals surface area contributed by atoms with E-state index in [1.54, 1.807) is 12.1 Å². The molecular weight excluding hydrogens is 321 g/mol. The summed E-state index contributed by atoms with van der Waals surface area (Å²) in [4.78, 5) is 23.3. The Morgan fingerprint density at radius 2 is 2.09 bits per heavy atom. The van der Waals surface area contributed by atoms with E-state index in [1.807, 2.05) is 0 Å². The third-order valence-electron chi connectivity index (χ3n) is 3.74. The molecule has 1 aliphatic rings. The van der Waals surface area contributed by atoms with Crippen molar-refractivity contribution < 1.29 is 14.0 Å². The maximum Gasteiger partial charge on any atom is 0.239 e. The van der Waals surface area contributed by atoms with E-state index in [1.165, 1.54) is 12.1 Å². The fourth-order valence-electron chi connectivity index (χ4n) is 2.51. The molecule has 3 N–H and O–H groups in total. The van der Waals surface area contributed by atoms with Gasteiger partial charge in [0.15, 0.2) is 0 Å². The quantitative estimate of drug-likeness (QED) is 0.692. The van der Waals surface area contributed by atoms with E-state index in [2.05, 4.69) is 16.0 Å². The van der Waals surface area contributed by atoms with Crippen LogP contribution in [0.5, 0.6) is 0 Å². The fourth-order valence-corrected chi connectivity index (χ4v) is 2.51. The number of nitrogens with one attached hydrogen (secondary N) is 3. The minimum Gasteiger partial charge on any atom is -0.355 e. The number of halogens is 2. The number of carbonyl (C=O) groups excluding carboxylic acids is 2. The SMILES string of the molecule is Cl.O=C(CNC(=O)Cc1cccc(F)c1)NCCC1CCNC1. The average Bonchev–Trinajstić information content (AvgIpc) is 2.98. The van der Waals surface area contributed by atoms with Crippen LogP contribution in [-0.4, -0.2) is 38.0 Å². The van der Waals surface area contributed by atoms with Crippen molar-refractivity contribution in [1.29, 1.82) is 0 Å². The van der Waals surface area contributed by atoms with Crippen LogP contribution in [0.25, 0.3) is 0 Å². The molecule has 0 spiro atoms. The van der Waals surface area contributed by atoms with E-state index < -0.39 is 0 Å². The van der Waals surface area contributed by atoms with Gasteiger partial charge in [0.1, 0.15) is 5.82 Å². The molecule has 1 fully saturated rings. The fraction of sp³-hybridized carbons (Fsp3) is 0.500. The molecule has 1 unspecified atom stereocenters. The molecular formula is C16H23ClFN3O2. The molecule has 1 heterocycles. The molecule has 1 aromatic rings. The summed E-state index contributed by atoms with van der Waals surface area (Å²) in [6.07, 6.45) is 2.18. The summed E-state index contributed by atoms with van der Waals surface area (Å²) in [6.45, 7) is 2.65. The van der Waals surface area contributed by atoms with Crippen LogP contribution >= 0.6 is 12.4 Å². The zero-order valence-corrected chi connectivity index (χ0v) is 13.8. The maximum atomic E-state index is 13.0. The lowest BCUT2D eigenvalue weighted by Crippen LogP contribution is -2.38. The Labute approximate surface area is 141 Å². The highest BCUT2D eigenvalue weighted by molar-refractivity contribution is 5.86. The number of benzene rings is 1. The van der Waals surface area contributed by atoms with E-state index in [4.69, 9.17) is 0 Å². The number of rotatable bonds is 7. The van der Waals surface area contributed by atoms with Crippen molar-refractivity contribution in [2.45, 2.75) is 19.3 Å². The highest BCUT2D eigenvalue weighted by atomic mass is 35.5. The Morgan fingerprint density at radius 1 is 1.26 bits per heavy atom. The highest BCUT2D eigenvalue weighted by Gasteiger charge is 2.14. The van der Waals surface area contributed by atoms with Gasteiger partial charge in [0, 0.05) is 6.54 Å². The zero-order valence-electron chi connectivity index (χ0n) is 12.9. The summed E-state index contributed by atoms with van der Waals surface area (Å²) in [5, 5.41) is 8.62. The van der Waals surface area contributed by atoms with Crippen LogP contribution in [-0.2, 0) is 16.0 Å². The molecule has 0 aliphatic carbocycles. The Kier molecular flexibility index (Phi) is 8.58. The van der Waals surface area contributed by atoms with Crippen molar-refractivity contribution in [2.24, 2.45) is 5.92 Å². The number of carbonyl (C=O) groups is 2. The van der Waals surface area contributed by atoms with Crippen LogP contribution in [0.2, 0.25) is 0 Å².